The predicted molar refractivity (Wildman–Crippen MR) is 570 cm³/mol. The van der Waals surface area contributed by atoms with Gasteiger partial charge in [0, 0.05) is 118 Å². The minimum atomic E-state index is -1.19. The standard InChI is InChI=1S/C30H26FN5O4.C29H24FN5O4.C26H16FNO4S.C24H15ClN4O4.3CH4/c1-35(2)11-13-40-30(38)27-25(20-7-5-10-33-29(20)37)26-23(15-21(31)19-9-12-39-28(19)26)36(27)16-17-14-24(32)34-22-8-4-3-6-18(17)22;1-32-10-12-39-29(37)26-24(19-6-4-9-33-28(19)36)25-22(14-20(30)18-8-11-38-27(18)25)35(26)15-16-13-23(31)34-21-7-3-2-5-17(16)21;27-18-12-19-23(25-16(18)7-9-32-25)22(17-3-1-2-4-20(17)29)24(26(30)31)28(19)13-14-5-6-21-15(11-14)8-10-33-21;25-15-9-17-16(27-11-28-17)8-13(15)10-29-18-4-3-12-5-7-33-22(12)20(18)19(21(29)24(31)32)14-2-1-6-26-23(14)30;;;/h3-10,12,14-15H,11,13,16H2,1-2H3,(H2,32,34)(H,33,37);2-9,11,13-14,32H,10,12,15H2,1H3,(H2,31,34)(H,33,36);1-3,5-12H,4,13H2,(H,30,31);1-9,11H,10H2,(H,26,30)(H,27,28)(H,31,32);3*1H4. The number of pyridine rings is 5. The van der Waals surface area contributed by atoms with E-state index in [4.69, 9.17) is 50.2 Å². The number of para-hydroxylation sites is 2. The molecule has 0 spiro atoms. The van der Waals surface area contributed by atoms with Gasteiger partial charge in [0.05, 0.1) is 130 Å². The number of nitrogens with zero attached hydrogens (tertiary/aromatic N) is 8. The van der Waals surface area contributed by atoms with Crippen LogP contribution in [0.4, 0.5) is 24.8 Å². The summed E-state index contributed by atoms with van der Waals surface area (Å²) < 4.78 is 87.6. The molecule has 0 aliphatic heterocycles. The molecule has 0 amide bonds. The van der Waals surface area contributed by atoms with Crippen molar-refractivity contribution in [3.05, 3.63) is 366 Å². The average Bonchev–Trinajstić information content (AvgIpc) is 1.26. The highest BCUT2D eigenvalue weighted by atomic mass is 35.5. The molecule has 0 atom stereocenters. The van der Waals surface area contributed by atoms with Crippen molar-refractivity contribution < 1.29 is 74.5 Å². The van der Waals surface area contributed by atoms with Crippen LogP contribution in [0.5, 0.6) is 0 Å². The third-order valence-corrected chi connectivity index (χ3v) is 26.8. The van der Waals surface area contributed by atoms with E-state index in [-0.39, 0.29) is 163 Å². The first-order valence-electron chi connectivity index (χ1n) is 45.4. The lowest BCUT2D eigenvalue weighted by Crippen LogP contribution is -2.22. The smallest absolute Gasteiger partial charge is 0.355 e. The molecule has 0 fully saturated rings. The number of fused-ring (bicyclic) bond motifs is 16. The molecule has 15 aromatic heterocycles. The average molecular weight is 2030 g/mol. The van der Waals surface area contributed by atoms with Gasteiger partial charge in [0.1, 0.15) is 87.4 Å². The summed E-state index contributed by atoms with van der Waals surface area (Å²) in [6.45, 7) is 1.75. The summed E-state index contributed by atoms with van der Waals surface area (Å²) in [5.41, 5.74) is 22.3. The Morgan fingerprint density at radius 2 is 0.966 bits per heavy atom. The van der Waals surface area contributed by atoms with Gasteiger partial charge in [-0.15, -0.1) is 11.3 Å². The van der Waals surface area contributed by atoms with E-state index in [2.05, 4.69) is 40.2 Å². The third-order valence-electron chi connectivity index (χ3n) is 25.6. The minimum Gasteiger partial charge on any atom is -0.477 e. The first-order chi connectivity index (χ1) is 70.4. The molecule has 31 nitrogen and oxygen atoms in total. The highest BCUT2D eigenvalue weighted by Crippen LogP contribution is 2.47. The lowest BCUT2D eigenvalue weighted by molar-refractivity contribution is -0.113. The number of nitrogens with one attached hydrogen (secondary N) is 5. The van der Waals surface area contributed by atoms with Gasteiger partial charge in [0.2, 0.25) is 0 Å². The van der Waals surface area contributed by atoms with Gasteiger partial charge < -0.3 is 97.2 Å². The predicted octanol–water partition coefficient (Wildman–Crippen LogP) is 22.5. The lowest BCUT2D eigenvalue weighted by Gasteiger charge is -2.15. The summed E-state index contributed by atoms with van der Waals surface area (Å²) in [5, 5.41) is 32.1. The number of hydrogen-bond donors (Lipinski definition) is 9. The molecule has 11 N–H and O–H groups in total. The molecule has 0 unspecified atom stereocenters. The number of hydrogen-bond acceptors (Lipinski definition) is 22. The maximum Gasteiger partial charge on any atom is 0.355 e. The van der Waals surface area contributed by atoms with Crippen molar-refractivity contribution in [2.75, 3.05) is 58.9 Å². The highest BCUT2D eigenvalue weighted by Gasteiger charge is 2.37. The molecule has 36 heteroatoms. The number of anilines is 2. The largest absolute Gasteiger partial charge is 0.477 e. The number of carboxylic acid groups (broad SMARTS) is 2. The normalized spacial score (nSPS) is 11.9. The SMILES string of the molecule is C.C.C.CN(C)CCOC(=O)c1c(-c2ccc[nH]c2=O)c2c3occc3c(F)cc2n1Cc1cc(N)nc2ccccc12.CNCCOC(=O)c1c(-c2ccc[nH]c2=O)c2c3occc3c(F)cc2n1Cc1cc(N)nc2ccccc12.O=C(O)c1c(-c2ccc[nH]c2=O)c2c3occc3ccc2n1Cc1cc2[nH]cnc2cc1Cl.O=C1CC=CC=C1c1c(C(=O)O)n(Cc2ccc3sccc3c2)c2cc(F)c3ccoc3c12. The van der Waals surface area contributed by atoms with E-state index in [1.165, 1.54) is 73.8 Å². The third kappa shape index (κ3) is 18.1. The Balaban J connectivity index is 0.000000129. The Hall–Kier alpha value is -18.2. The van der Waals surface area contributed by atoms with Crippen molar-refractivity contribution in [1.29, 1.82) is 0 Å². The number of benzene rings is 8. The Bertz CT molecular complexity index is 9530. The molecule has 746 valence electrons. The molecule has 0 saturated carbocycles. The fourth-order valence-corrected chi connectivity index (χ4v) is 20.2. The number of aromatic carboxylic acids is 2. The van der Waals surface area contributed by atoms with E-state index in [0.717, 1.165) is 48.5 Å². The van der Waals surface area contributed by atoms with Crippen LogP contribution in [0.3, 0.4) is 0 Å². The second kappa shape index (κ2) is 41.3. The van der Waals surface area contributed by atoms with E-state index in [0.29, 0.717) is 118 Å². The van der Waals surface area contributed by atoms with Crippen LogP contribution in [0, 0.1) is 17.5 Å². The number of H-pyrrole nitrogens is 4. The number of aromatic amines is 4. The first-order valence-corrected chi connectivity index (χ1v) is 46.7. The number of carbonyl (C=O) groups is 5. The van der Waals surface area contributed by atoms with E-state index < -0.39 is 52.4 Å². The minimum absolute atomic E-state index is 0. The maximum absolute atomic E-state index is 15.4. The van der Waals surface area contributed by atoms with Crippen molar-refractivity contribution in [2.24, 2.45) is 0 Å². The number of likely N-dealkylation sites (N-methyl/N-ethyl adjacent to an activating group) is 2. The zero-order valence-corrected chi connectivity index (χ0v) is 78.5. The fraction of sp³-hybridized carbons (Fsp3) is 0.134. The zero-order valence-electron chi connectivity index (χ0n) is 77.0. The number of rotatable bonds is 22. The Labute approximate surface area is 846 Å². The van der Waals surface area contributed by atoms with Crippen molar-refractivity contribution >= 4 is 200 Å². The van der Waals surface area contributed by atoms with Crippen LogP contribution < -0.4 is 33.5 Å². The van der Waals surface area contributed by atoms with Crippen molar-refractivity contribution in [3.8, 4) is 33.4 Å². The quantitative estimate of drug-likeness (QED) is 0.0225. The van der Waals surface area contributed by atoms with Gasteiger partial charge in [-0.3, -0.25) is 19.2 Å². The summed E-state index contributed by atoms with van der Waals surface area (Å²) in [7, 11) is 5.49. The summed E-state index contributed by atoms with van der Waals surface area (Å²) in [6.07, 6.45) is 17.0. The van der Waals surface area contributed by atoms with E-state index >= 15 is 8.78 Å². The topological polar surface area (TPSA) is 437 Å². The lowest BCUT2D eigenvalue weighted by atomic mass is 9.93. The van der Waals surface area contributed by atoms with Crippen LogP contribution in [0.25, 0.3) is 169 Å². The Kier molecular flexibility index (Phi) is 27.9. The number of Topliss-reactive ketones (excluding diaryl/α,β-unsaturated/α-hetero) is 1. The number of carboxylic acids is 2. The number of ketones is 1. The summed E-state index contributed by atoms with van der Waals surface area (Å²) >= 11 is 8.16. The number of allylic oxidation sites excluding steroid dienone is 4. The van der Waals surface area contributed by atoms with Crippen LogP contribution in [0.15, 0.2) is 294 Å². The number of carbonyl (C=O) groups excluding carboxylic acids is 3. The van der Waals surface area contributed by atoms with Crippen LogP contribution in [-0.4, -0.2) is 145 Å². The molecular formula is C112H93ClF3N15O16S. The number of aromatic nitrogens is 11. The maximum atomic E-state index is 15.4. The zero-order chi connectivity index (χ0) is 100. The molecule has 0 bridgehead atoms. The number of nitrogen functional groups attached to an aromatic ring is 2. The van der Waals surface area contributed by atoms with Gasteiger partial charge in [-0.25, -0.2) is 47.3 Å². The van der Waals surface area contributed by atoms with Crippen LogP contribution in [-0.2, 0) is 40.4 Å². The monoisotopic (exact) mass is 2030 g/mol. The second-order valence-electron chi connectivity index (χ2n) is 34.6. The summed E-state index contributed by atoms with van der Waals surface area (Å²) in [6, 6.07) is 53.9. The fourth-order valence-electron chi connectivity index (χ4n) is 19.2. The number of imidazole rings is 1. The molecule has 23 aromatic rings. The molecule has 148 heavy (non-hydrogen) atoms. The second-order valence-corrected chi connectivity index (χ2v) is 35.9. The molecule has 1 aliphatic rings. The van der Waals surface area contributed by atoms with E-state index in [1.54, 1.807) is 128 Å². The van der Waals surface area contributed by atoms with Gasteiger partial charge in [-0.2, -0.15) is 0 Å². The van der Waals surface area contributed by atoms with E-state index in [9.17, 15) is 53.0 Å². The summed E-state index contributed by atoms with van der Waals surface area (Å²) in [4.78, 5) is 131. The number of esters is 2. The van der Waals surface area contributed by atoms with Crippen molar-refractivity contribution in [1.82, 2.24) is 63.4 Å². The summed E-state index contributed by atoms with van der Waals surface area (Å²) in [5.74, 6) is -4.80. The molecule has 15 heterocycles. The van der Waals surface area contributed by atoms with Crippen LogP contribution in [0.1, 0.15) is 98.5 Å². The molecule has 0 radical (unpaired) electrons. The number of furan rings is 4. The molecule has 0 saturated heterocycles. The van der Waals surface area contributed by atoms with Gasteiger partial charge in [-0.05, 0) is 200 Å². The number of halogens is 4. The van der Waals surface area contributed by atoms with Gasteiger partial charge in [0.15, 0.2) is 5.78 Å². The number of ether oxygens (including phenoxy) is 2. The molecule has 1 aliphatic carbocycles. The van der Waals surface area contributed by atoms with Gasteiger partial charge in [-0.1, -0.05) is 94.6 Å². The number of thiophene rings is 1. The Morgan fingerprint density at radius 1 is 0.493 bits per heavy atom. The number of nitrogens with two attached hydrogens (primary N) is 2. The van der Waals surface area contributed by atoms with Gasteiger partial charge >= 0.3 is 23.9 Å². The van der Waals surface area contributed by atoms with E-state index in [1.807, 2.05) is 115 Å². The highest BCUT2D eigenvalue weighted by molar-refractivity contribution is 7.17. The molecular weight excluding hydrogens is 1940 g/mol. The first kappa shape index (κ1) is 99.9. The van der Waals surface area contributed by atoms with Crippen LogP contribution in [0.2, 0.25) is 5.02 Å². The molecule has 8 aromatic carbocycles. The molecule has 24 rings (SSSR count). The van der Waals surface area contributed by atoms with Gasteiger partial charge in [0.25, 0.3) is 16.7 Å². The van der Waals surface area contributed by atoms with Crippen LogP contribution >= 0.6 is 22.9 Å². The van der Waals surface area contributed by atoms with Crippen molar-refractivity contribution in [3.63, 3.8) is 0 Å². The van der Waals surface area contributed by atoms with Crippen molar-refractivity contribution in [2.45, 2.75) is 54.9 Å². The Morgan fingerprint density at radius 3 is 1.48 bits per heavy atom.